The molecule has 0 radical (unpaired) electrons. The monoisotopic (exact) mass is 460 g/mol. The number of hydrogen-bond donors (Lipinski definition) is 1. The lowest BCUT2D eigenvalue weighted by Gasteiger charge is -2.16. The summed E-state index contributed by atoms with van der Waals surface area (Å²) >= 11 is 1.27. The quantitative estimate of drug-likeness (QED) is 0.455. The van der Waals surface area contributed by atoms with Crippen LogP contribution in [0.2, 0.25) is 0 Å². The summed E-state index contributed by atoms with van der Waals surface area (Å²) in [5, 5.41) is 3.15. The first-order valence-electron chi connectivity index (χ1n) is 10.5. The molecule has 4 rings (SSSR count). The number of nitrogens with one attached hydrogen (secondary N) is 1. The predicted octanol–water partition coefficient (Wildman–Crippen LogP) is 5.39. The number of carbonyl (C=O) groups is 2. The molecule has 0 atom stereocenters. The molecule has 33 heavy (non-hydrogen) atoms. The summed E-state index contributed by atoms with van der Waals surface area (Å²) in [4.78, 5) is 29.3. The van der Waals surface area contributed by atoms with Crippen LogP contribution in [0.5, 0.6) is 11.5 Å². The van der Waals surface area contributed by atoms with Crippen LogP contribution in [0, 0.1) is 6.92 Å². The molecular formula is C26H24N2O4S. The van der Waals surface area contributed by atoms with Gasteiger partial charge in [0.05, 0.1) is 19.4 Å². The molecule has 168 valence electrons. The molecular weight excluding hydrogens is 436 g/mol. The van der Waals surface area contributed by atoms with Gasteiger partial charge in [-0.15, -0.1) is 0 Å². The Balaban J connectivity index is 1.68. The molecule has 0 aromatic heterocycles. The average Bonchev–Trinajstić information content (AvgIpc) is 3.05. The van der Waals surface area contributed by atoms with Crippen molar-refractivity contribution in [1.29, 1.82) is 0 Å². The number of hydrogen-bond acceptors (Lipinski definition) is 6. The van der Waals surface area contributed by atoms with E-state index >= 15 is 0 Å². The second kappa shape index (κ2) is 9.83. The number of carbonyl (C=O) groups excluding carboxylic acids is 2. The summed E-state index contributed by atoms with van der Waals surface area (Å²) in [6.45, 7) is 4.44. The maximum absolute atomic E-state index is 13.4. The van der Waals surface area contributed by atoms with Crippen molar-refractivity contribution in [2.75, 3.05) is 23.9 Å². The van der Waals surface area contributed by atoms with Gasteiger partial charge >= 0.3 is 0 Å². The van der Waals surface area contributed by atoms with Gasteiger partial charge in [-0.3, -0.25) is 9.59 Å². The van der Waals surface area contributed by atoms with E-state index in [-0.39, 0.29) is 11.6 Å². The lowest BCUT2D eigenvalue weighted by Crippen LogP contribution is -2.32. The third-order valence-electron chi connectivity index (χ3n) is 5.05. The van der Waals surface area contributed by atoms with Crippen LogP contribution < -0.4 is 19.7 Å². The fourth-order valence-corrected chi connectivity index (χ4v) is 4.28. The normalized spacial score (nSPS) is 13.5. The molecule has 1 aliphatic heterocycles. The van der Waals surface area contributed by atoms with Gasteiger partial charge in [0, 0.05) is 10.6 Å². The molecule has 1 N–H and O–H groups in total. The highest BCUT2D eigenvalue weighted by Gasteiger charge is 2.40. The molecule has 3 aromatic rings. The maximum atomic E-state index is 13.4. The van der Waals surface area contributed by atoms with Crippen molar-refractivity contribution in [2.45, 2.75) is 18.7 Å². The number of nitrogens with zero attached hydrogens (tertiary/aromatic N) is 1. The second-order valence-electron chi connectivity index (χ2n) is 7.35. The van der Waals surface area contributed by atoms with Crippen molar-refractivity contribution in [3.05, 3.63) is 89.0 Å². The van der Waals surface area contributed by atoms with Gasteiger partial charge in [0.25, 0.3) is 11.8 Å². The molecule has 0 saturated heterocycles. The highest BCUT2D eigenvalue weighted by Crippen LogP contribution is 2.38. The van der Waals surface area contributed by atoms with E-state index < -0.39 is 5.91 Å². The zero-order valence-corrected chi connectivity index (χ0v) is 19.4. The van der Waals surface area contributed by atoms with E-state index in [1.54, 1.807) is 55.6 Å². The standard InChI is InChI=1S/C26H24N2O4S/c1-4-32-21-13-9-19(10-14-21)28-25(29)23(27-18-7-11-20(31-3)12-8-18)24(26(28)30)33-22-15-5-17(2)6-16-22/h5-16,27H,4H2,1-3H3. The first-order chi connectivity index (χ1) is 16.0. The fraction of sp³-hybridized carbons (Fsp3) is 0.154. The van der Waals surface area contributed by atoms with Gasteiger partial charge in [0.2, 0.25) is 0 Å². The minimum absolute atomic E-state index is 0.240. The Morgan fingerprint density at radius 2 is 1.48 bits per heavy atom. The molecule has 0 saturated carbocycles. The third kappa shape index (κ3) is 4.88. The molecule has 1 heterocycles. The highest BCUT2D eigenvalue weighted by molar-refractivity contribution is 8.04. The summed E-state index contributed by atoms with van der Waals surface area (Å²) < 4.78 is 10.7. The van der Waals surface area contributed by atoms with Crippen LogP contribution in [-0.4, -0.2) is 25.5 Å². The Kier molecular flexibility index (Phi) is 6.70. The smallest absolute Gasteiger partial charge is 0.283 e. The Hall–Kier alpha value is -3.71. The minimum atomic E-state index is -0.408. The molecule has 7 heteroatoms. The molecule has 6 nitrogen and oxygen atoms in total. The van der Waals surface area contributed by atoms with Gasteiger partial charge in [-0.1, -0.05) is 29.5 Å². The first-order valence-corrected chi connectivity index (χ1v) is 11.3. The van der Waals surface area contributed by atoms with Crippen LogP contribution in [-0.2, 0) is 9.59 Å². The highest BCUT2D eigenvalue weighted by atomic mass is 32.2. The van der Waals surface area contributed by atoms with Crippen LogP contribution in [0.25, 0.3) is 0 Å². The third-order valence-corrected chi connectivity index (χ3v) is 6.14. The molecule has 0 fully saturated rings. The van der Waals surface area contributed by atoms with Crippen molar-refractivity contribution in [3.63, 3.8) is 0 Å². The number of amides is 2. The summed E-state index contributed by atoms with van der Waals surface area (Å²) in [5.74, 6) is 0.605. The van der Waals surface area contributed by atoms with Gasteiger partial charge < -0.3 is 14.8 Å². The van der Waals surface area contributed by atoms with Crippen LogP contribution in [0.4, 0.5) is 11.4 Å². The number of imide groups is 1. The van der Waals surface area contributed by atoms with E-state index in [0.717, 1.165) is 10.5 Å². The Morgan fingerprint density at radius 1 is 0.848 bits per heavy atom. The summed E-state index contributed by atoms with van der Waals surface area (Å²) in [5.41, 5.74) is 2.53. The Morgan fingerprint density at radius 3 is 2.09 bits per heavy atom. The predicted molar refractivity (Wildman–Crippen MR) is 131 cm³/mol. The molecule has 1 aliphatic rings. The van der Waals surface area contributed by atoms with Crippen LogP contribution in [0.3, 0.4) is 0 Å². The van der Waals surface area contributed by atoms with Crippen molar-refractivity contribution < 1.29 is 19.1 Å². The Bertz CT molecular complexity index is 1190. The number of rotatable bonds is 8. The number of methoxy groups -OCH3 is 1. The molecule has 0 aliphatic carbocycles. The minimum Gasteiger partial charge on any atom is -0.497 e. The van der Waals surface area contributed by atoms with Crippen LogP contribution in [0.1, 0.15) is 12.5 Å². The summed E-state index contributed by atoms with van der Waals surface area (Å²) in [7, 11) is 1.59. The molecule has 3 aromatic carbocycles. The van der Waals surface area contributed by atoms with Gasteiger partial charge in [0.15, 0.2) is 0 Å². The summed E-state index contributed by atoms with van der Waals surface area (Å²) in [6.07, 6.45) is 0. The second-order valence-corrected chi connectivity index (χ2v) is 8.43. The number of aryl methyl sites for hydroxylation is 1. The van der Waals surface area contributed by atoms with Gasteiger partial charge in [-0.25, -0.2) is 4.90 Å². The topological polar surface area (TPSA) is 67.9 Å². The maximum Gasteiger partial charge on any atom is 0.283 e. The van der Waals surface area contributed by atoms with Crippen molar-refractivity contribution in [1.82, 2.24) is 0 Å². The summed E-state index contributed by atoms with van der Waals surface area (Å²) in [6, 6.07) is 22.0. The van der Waals surface area contributed by atoms with Gasteiger partial charge in [-0.2, -0.15) is 0 Å². The molecule has 0 bridgehead atoms. The van der Waals surface area contributed by atoms with Crippen molar-refractivity contribution >= 4 is 35.0 Å². The van der Waals surface area contributed by atoms with E-state index in [2.05, 4.69) is 5.32 Å². The zero-order chi connectivity index (χ0) is 23.4. The lowest BCUT2D eigenvalue weighted by molar-refractivity contribution is -0.120. The van der Waals surface area contributed by atoms with E-state index in [4.69, 9.17) is 9.47 Å². The molecule has 0 unspecified atom stereocenters. The number of ether oxygens (including phenoxy) is 2. The van der Waals surface area contributed by atoms with Crippen LogP contribution in [0.15, 0.2) is 88.3 Å². The van der Waals surface area contributed by atoms with E-state index in [9.17, 15) is 9.59 Å². The van der Waals surface area contributed by atoms with E-state index in [1.807, 2.05) is 38.1 Å². The van der Waals surface area contributed by atoms with Gasteiger partial charge in [-0.05, 0) is 74.5 Å². The molecule has 2 amide bonds. The first kappa shape index (κ1) is 22.5. The van der Waals surface area contributed by atoms with Crippen molar-refractivity contribution in [3.8, 4) is 11.5 Å². The van der Waals surface area contributed by atoms with E-state index in [1.165, 1.54) is 16.7 Å². The van der Waals surface area contributed by atoms with E-state index in [0.29, 0.717) is 34.4 Å². The van der Waals surface area contributed by atoms with Crippen LogP contribution >= 0.6 is 11.8 Å². The molecule has 0 spiro atoms. The largest absolute Gasteiger partial charge is 0.497 e. The zero-order valence-electron chi connectivity index (χ0n) is 18.6. The number of anilines is 2. The van der Waals surface area contributed by atoms with Crippen molar-refractivity contribution in [2.24, 2.45) is 0 Å². The average molecular weight is 461 g/mol. The van der Waals surface area contributed by atoms with Gasteiger partial charge in [0.1, 0.15) is 22.1 Å². The number of thioether (sulfide) groups is 1. The lowest BCUT2D eigenvalue weighted by atomic mass is 10.2. The SMILES string of the molecule is CCOc1ccc(N2C(=O)C(Nc3ccc(OC)cc3)=C(Sc3ccc(C)cc3)C2=O)cc1. The fourth-order valence-electron chi connectivity index (χ4n) is 3.35. The Labute approximate surface area is 197 Å². The number of benzene rings is 3.